The Morgan fingerprint density at radius 2 is 1.95 bits per heavy atom. The molecular formula is C28H37N5O6. The minimum atomic E-state index is -0.785. The predicted octanol–water partition coefficient (Wildman–Crippen LogP) is 0.973. The summed E-state index contributed by atoms with van der Waals surface area (Å²) in [5.41, 5.74) is 1.06. The lowest BCUT2D eigenvalue weighted by Crippen LogP contribution is -2.58. The predicted molar refractivity (Wildman–Crippen MR) is 141 cm³/mol. The fourth-order valence-corrected chi connectivity index (χ4v) is 6.33. The van der Waals surface area contributed by atoms with Crippen molar-refractivity contribution in [3.63, 3.8) is 0 Å². The van der Waals surface area contributed by atoms with Crippen LogP contribution in [0.25, 0.3) is 0 Å². The molecular weight excluding hydrogens is 502 g/mol. The normalized spacial score (nSPS) is 30.3. The highest BCUT2D eigenvalue weighted by Crippen LogP contribution is 2.59. The minimum absolute atomic E-state index is 0.163. The second kappa shape index (κ2) is 11.0. The number of benzene rings is 1. The average molecular weight is 540 g/mol. The molecule has 4 aliphatic rings. The van der Waals surface area contributed by atoms with Crippen molar-refractivity contribution in [2.75, 3.05) is 12.4 Å². The highest BCUT2D eigenvalue weighted by molar-refractivity contribution is 5.97. The molecule has 11 heteroatoms. The molecule has 3 aliphatic heterocycles. The summed E-state index contributed by atoms with van der Waals surface area (Å²) in [5.74, 6) is -0.949. The van der Waals surface area contributed by atoms with E-state index in [1.807, 2.05) is 6.07 Å². The molecule has 4 N–H and O–H groups in total. The van der Waals surface area contributed by atoms with Gasteiger partial charge in [-0.25, -0.2) is 0 Å². The summed E-state index contributed by atoms with van der Waals surface area (Å²) in [4.78, 5) is 65.2. The van der Waals surface area contributed by atoms with Gasteiger partial charge in [0.25, 0.3) is 5.91 Å². The van der Waals surface area contributed by atoms with Crippen molar-refractivity contribution in [1.29, 1.82) is 0 Å². The number of esters is 1. The molecule has 3 saturated heterocycles. The van der Waals surface area contributed by atoms with Gasteiger partial charge in [0.15, 0.2) is 6.10 Å². The van der Waals surface area contributed by atoms with Gasteiger partial charge in [0.05, 0.1) is 6.04 Å². The van der Waals surface area contributed by atoms with E-state index in [4.69, 9.17) is 4.74 Å². The first kappa shape index (κ1) is 27.1. The zero-order valence-corrected chi connectivity index (χ0v) is 22.5. The van der Waals surface area contributed by atoms with Crippen LogP contribution in [0.2, 0.25) is 0 Å². The zero-order valence-electron chi connectivity index (χ0n) is 22.5. The molecule has 1 aromatic carbocycles. The van der Waals surface area contributed by atoms with Gasteiger partial charge in [-0.1, -0.05) is 18.6 Å². The van der Waals surface area contributed by atoms with E-state index in [9.17, 15) is 24.0 Å². The SMILES string of the molecule is CN[C@@H](C)C(=O)N[C@H]1CCCC2CC23CC[C@@H](C(=O)NCc2cccc(NC(=O)[C@H]4CCC(=O)O4)c2)N3C1=O. The molecule has 0 radical (unpaired) electrons. The van der Waals surface area contributed by atoms with Gasteiger partial charge in [-0.2, -0.15) is 0 Å². The summed E-state index contributed by atoms with van der Waals surface area (Å²) in [6.45, 7) is 1.98. The van der Waals surface area contributed by atoms with Crippen molar-refractivity contribution in [2.24, 2.45) is 5.92 Å². The first-order valence-corrected chi connectivity index (χ1v) is 13.9. The minimum Gasteiger partial charge on any atom is -0.452 e. The first-order valence-electron chi connectivity index (χ1n) is 13.9. The lowest BCUT2D eigenvalue weighted by atomic mass is 9.98. The number of hydrogen-bond donors (Lipinski definition) is 4. The van der Waals surface area contributed by atoms with Gasteiger partial charge in [-0.05, 0) is 69.7 Å². The fourth-order valence-electron chi connectivity index (χ4n) is 6.33. The van der Waals surface area contributed by atoms with Gasteiger partial charge < -0.3 is 30.9 Å². The van der Waals surface area contributed by atoms with Crippen molar-refractivity contribution < 1.29 is 28.7 Å². The Balaban J connectivity index is 1.23. The van der Waals surface area contributed by atoms with Crippen molar-refractivity contribution in [3.05, 3.63) is 29.8 Å². The average Bonchev–Trinajstić information content (AvgIpc) is 3.21. The monoisotopic (exact) mass is 539 g/mol. The molecule has 6 atom stereocenters. The van der Waals surface area contributed by atoms with Crippen LogP contribution >= 0.6 is 0 Å². The van der Waals surface area contributed by atoms with Crippen molar-refractivity contribution in [1.82, 2.24) is 20.9 Å². The molecule has 1 aliphatic carbocycles. The molecule has 3 heterocycles. The molecule has 210 valence electrons. The van der Waals surface area contributed by atoms with Gasteiger partial charge in [-0.15, -0.1) is 0 Å². The molecule has 11 nitrogen and oxygen atoms in total. The van der Waals surface area contributed by atoms with E-state index in [-0.39, 0.29) is 48.1 Å². The van der Waals surface area contributed by atoms with Crippen LogP contribution in [0.4, 0.5) is 5.69 Å². The van der Waals surface area contributed by atoms with Crippen molar-refractivity contribution in [2.45, 2.75) is 94.6 Å². The lowest BCUT2D eigenvalue weighted by molar-refractivity contribution is -0.146. The smallest absolute Gasteiger partial charge is 0.306 e. The van der Waals surface area contributed by atoms with Crippen LogP contribution in [-0.4, -0.2) is 71.3 Å². The largest absolute Gasteiger partial charge is 0.452 e. The Morgan fingerprint density at radius 3 is 2.69 bits per heavy atom. The van der Waals surface area contributed by atoms with Crippen molar-refractivity contribution >= 4 is 35.3 Å². The van der Waals surface area contributed by atoms with E-state index in [2.05, 4.69) is 21.3 Å². The molecule has 5 rings (SSSR count). The van der Waals surface area contributed by atoms with Crippen LogP contribution in [0, 0.1) is 5.92 Å². The van der Waals surface area contributed by atoms with Crippen LogP contribution in [-0.2, 0) is 35.3 Å². The van der Waals surface area contributed by atoms with Crippen LogP contribution in [0.5, 0.6) is 0 Å². The highest BCUT2D eigenvalue weighted by atomic mass is 16.6. The molecule has 1 saturated carbocycles. The van der Waals surface area contributed by atoms with E-state index in [0.29, 0.717) is 30.9 Å². The Morgan fingerprint density at radius 1 is 1.13 bits per heavy atom. The maximum Gasteiger partial charge on any atom is 0.306 e. The second-order valence-corrected chi connectivity index (χ2v) is 11.2. The molecule has 2 unspecified atom stereocenters. The number of ether oxygens (including phenoxy) is 1. The number of cyclic esters (lactones) is 1. The summed E-state index contributed by atoms with van der Waals surface area (Å²) in [6.07, 6.45) is 4.54. The van der Waals surface area contributed by atoms with E-state index in [1.165, 1.54) is 0 Å². The van der Waals surface area contributed by atoms with Gasteiger partial charge in [0.2, 0.25) is 17.7 Å². The van der Waals surface area contributed by atoms with Gasteiger partial charge in [0, 0.05) is 30.6 Å². The fraction of sp³-hybridized carbons (Fsp3) is 0.607. The van der Waals surface area contributed by atoms with Crippen LogP contribution in [0.1, 0.15) is 63.9 Å². The Hall–Kier alpha value is -3.47. The third-order valence-corrected chi connectivity index (χ3v) is 8.71. The Bertz CT molecular complexity index is 1170. The third kappa shape index (κ3) is 5.50. The molecule has 4 amide bonds. The van der Waals surface area contributed by atoms with Gasteiger partial charge >= 0.3 is 5.97 Å². The summed E-state index contributed by atoms with van der Waals surface area (Å²) in [5, 5.41) is 11.6. The van der Waals surface area contributed by atoms with E-state index >= 15 is 0 Å². The number of rotatable bonds is 8. The molecule has 0 bridgehead atoms. The quantitative estimate of drug-likeness (QED) is 0.360. The highest BCUT2D eigenvalue weighted by Gasteiger charge is 2.65. The maximum atomic E-state index is 13.8. The number of nitrogens with one attached hydrogen (secondary N) is 4. The molecule has 1 spiro atoms. The second-order valence-electron chi connectivity index (χ2n) is 11.2. The van der Waals surface area contributed by atoms with Crippen LogP contribution in [0.15, 0.2) is 24.3 Å². The number of hydrogen-bond acceptors (Lipinski definition) is 7. The summed E-state index contributed by atoms with van der Waals surface area (Å²) < 4.78 is 5.02. The van der Waals surface area contributed by atoms with Gasteiger partial charge in [-0.3, -0.25) is 24.0 Å². The topological polar surface area (TPSA) is 146 Å². The van der Waals surface area contributed by atoms with Crippen LogP contribution < -0.4 is 21.3 Å². The van der Waals surface area contributed by atoms with E-state index in [0.717, 1.165) is 31.2 Å². The summed E-state index contributed by atoms with van der Waals surface area (Å²) >= 11 is 0. The summed E-state index contributed by atoms with van der Waals surface area (Å²) in [7, 11) is 1.70. The van der Waals surface area contributed by atoms with E-state index < -0.39 is 24.2 Å². The zero-order chi connectivity index (χ0) is 27.7. The Labute approximate surface area is 227 Å². The number of amides is 4. The number of likely N-dealkylation sites (N-methyl/N-ethyl adjacent to an activating group) is 1. The molecule has 0 aromatic heterocycles. The standard InChI is InChI=1S/C28H37N5O6/c1-16(29-2)24(35)32-20-8-4-6-18-14-28(18)12-11-21(33(28)27(20)38)25(36)30-15-17-5-3-7-19(13-17)31-26(37)22-9-10-23(34)39-22/h3,5,7,13,16,18,20-22,29H,4,6,8-12,14-15H2,1-2H3,(H,30,36)(H,31,37)(H,32,35)/t16-,18?,20-,21-,22+,28?/m0/s1. The van der Waals surface area contributed by atoms with E-state index in [1.54, 1.807) is 37.1 Å². The number of carbonyl (C=O) groups is 5. The number of carbonyl (C=O) groups excluding carboxylic acids is 5. The molecule has 39 heavy (non-hydrogen) atoms. The third-order valence-electron chi connectivity index (χ3n) is 8.71. The molecule has 1 aromatic rings. The van der Waals surface area contributed by atoms with Crippen LogP contribution in [0.3, 0.4) is 0 Å². The number of nitrogens with zero attached hydrogens (tertiary/aromatic N) is 1. The Kier molecular flexibility index (Phi) is 7.61. The number of anilines is 1. The van der Waals surface area contributed by atoms with Crippen molar-refractivity contribution in [3.8, 4) is 0 Å². The summed E-state index contributed by atoms with van der Waals surface area (Å²) in [6, 6.07) is 5.47. The van der Waals surface area contributed by atoms with Gasteiger partial charge in [0.1, 0.15) is 12.1 Å². The molecule has 4 fully saturated rings. The maximum absolute atomic E-state index is 13.8. The first-order chi connectivity index (χ1) is 18.7. The lowest BCUT2D eigenvalue weighted by Gasteiger charge is -2.36.